The number of hydrogen-bond donors (Lipinski definition) is 9. The quantitative estimate of drug-likeness (QED) is 0.0691. The van der Waals surface area contributed by atoms with Crippen molar-refractivity contribution in [3.05, 3.63) is 215 Å². The molecule has 6 aromatic carbocycles. The second-order valence-electron chi connectivity index (χ2n) is 12.9. The Balaban J connectivity index is 0.000000818. The van der Waals surface area contributed by atoms with Crippen LogP contribution < -0.4 is 49.7 Å². The Labute approximate surface area is 384 Å². The van der Waals surface area contributed by atoms with Gasteiger partial charge in [-0.1, -0.05) is 182 Å². The average molecular weight is 921 g/mol. The van der Waals surface area contributed by atoms with Crippen molar-refractivity contribution in [2.45, 2.75) is 16.8 Å². The SMILES string of the molecule is NCCN.NCCN.NCCN.O=C([O-])C(O)(c1ccccc1)c1ccccc1.O=C([O-])C(O)(c1ccccc1)c1ccccc1.O=C([O-])C(O)(c1ccccc1)c1ccccc1.[Co+3]. The van der Waals surface area contributed by atoms with Gasteiger partial charge in [-0.05, 0) is 33.4 Å². The number of aliphatic hydroxyl groups is 3. The molecular weight excluding hydrogens is 863 g/mol. The minimum atomic E-state index is -2.11. The fourth-order valence-corrected chi connectivity index (χ4v) is 5.28. The Morgan fingerprint density at radius 2 is 0.422 bits per heavy atom. The molecule has 0 unspecified atom stereocenters. The number of carboxylic acid groups (broad SMARTS) is 3. The summed E-state index contributed by atoms with van der Waals surface area (Å²) < 4.78 is 0. The van der Waals surface area contributed by atoms with Crippen molar-refractivity contribution in [3.63, 3.8) is 0 Å². The third-order valence-corrected chi connectivity index (χ3v) is 8.54. The van der Waals surface area contributed by atoms with Crippen LogP contribution in [0.2, 0.25) is 0 Å². The molecule has 6 rings (SSSR count). The maximum atomic E-state index is 11.3. The largest absolute Gasteiger partial charge is 3.00 e. The van der Waals surface area contributed by atoms with Crippen LogP contribution in [0.15, 0.2) is 182 Å². The van der Waals surface area contributed by atoms with E-state index in [2.05, 4.69) is 0 Å². The van der Waals surface area contributed by atoms with Gasteiger partial charge in [0.2, 0.25) is 0 Å². The van der Waals surface area contributed by atoms with Crippen molar-refractivity contribution in [3.8, 4) is 0 Å². The third kappa shape index (κ3) is 17.2. The monoisotopic (exact) mass is 920 g/mol. The van der Waals surface area contributed by atoms with Gasteiger partial charge in [0.05, 0.1) is 17.9 Å². The minimum absolute atomic E-state index is 0. The standard InChI is InChI=1S/3C14H12O3.3C2H8N2.Co/c3*15-13(16)14(17,11-7-3-1-4-8-11)12-9-5-2-6-10-12;3*3-1-2-4;/h3*1-10,17H,(H,15,16);3*1-4H2;/q;;;;;;+3/p-3. The van der Waals surface area contributed by atoms with E-state index >= 15 is 0 Å². The first kappa shape index (κ1) is 57.9. The van der Waals surface area contributed by atoms with Gasteiger partial charge in [-0.25, -0.2) is 0 Å². The van der Waals surface area contributed by atoms with Gasteiger partial charge in [0.15, 0.2) is 16.8 Å². The van der Waals surface area contributed by atoms with Crippen LogP contribution in [-0.2, 0) is 48.0 Å². The normalized spacial score (nSPS) is 10.3. The summed E-state index contributed by atoms with van der Waals surface area (Å²) in [7, 11) is 0. The number of benzene rings is 6. The van der Waals surface area contributed by atoms with E-state index in [0.29, 0.717) is 39.3 Å². The second-order valence-corrected chi connectivity index (χ2v) is 12.9. The molecule has 0 bridgehead atoms. The fourth-order valence-electron chi connectivity index (χ4n) is 5.28. The Bertz CT molecular complexity index is 1760. The van der Waals surface area contributed by atoms with Crippen LogP contribution in [-0.4, -0.2) is 72.5 Å². The molecule has 0 spiro atoms. The third-order valence-electron chi connectivity index (χ3n) is 8.54. The molecule has 0 heterocycles. The van der Waals surface area contributed by atoms with E-state index in [4.69, 9.17) is 34.4 Å². The molecule has 0 aliphatic carbocycles. The number of hydrogen-bond acceptors (Lipinski definition) is 15. The van der Waals surface area contributed by atoms with Gasteiger partial charge >= 0.3 is 16.8 Å². The molecule has 0 saturated carbocycles. The van der Waals surface area contributed by atoms with Crippen molar-refractivity contribution in [1.82, 2.24) is 0 Å². The molecule has 6 aromatic rings. The molecule has 0 aliphatic heterocycles. The van der Waals surface area contributed by atoms with Crippen molar-refractivity contribution in [2.24, 2.45) is 34.4 Å². The van der Waals surface area contributed by atoms with Crippen molar-refractivity contribution < 1.29 is 61.8 Å². The summed E-state index contributed by atoms with van der Waals surface area (Å²) in [6.07, 6.45) is 0. The van der Waals surface area contributed by atoms with E-state index in [-0.39, 0.29) is 50.2 Å². The van der Waals surface area contributed by atoms with Gasteiger partial charge in [-0.2, -0.15) is 0 Å². The number of carbonyl (C=O) groups excluding carboxylic acids is 3. The van der Waals surface area contributed by atoms with Gasteiger partial charge < -0.3 is 79.4 Å². The number of rotatable bonds is 12. The van der Waals surface area contributed by atoms with Crippen LogP contribution in [0.4, 0.5) is 0 Å². The summed E-state index contributed by atoms with van der Waals surface area (Å²) in [6.45, 7) is 3.58. The van der Waals surface area contributed by atoms with E-state index in [1.54, 1.807) is 182 Å². The molecular formula is C48H57CoN6O9. The number of carbonyl (C=O) groups is 3. The Hall–Kier alpha value is -6.12. The summed E-state index contributed by atoms with van der Waals surface area (Å²) in [5.74, 6) is -4.60. The molecule has 0 amide bonds. The van der Waals surface area contributed by atoms with Crippen molar-refractivity contribution in [2.75, 3.05) is 39.3 Å². The predicted octanol–water partition coefficient (Wildman–Crippen LogP) is -1.27. The van der Waals surface area contributed by atoms with Gasteiger partial charge in [-0.15, -0.1) is 0 Å². The van der Waals surface area contributed by atoms with E-state index in [1.165, 1.54) is 0 Å². The van der Waals surface area contributed by atoms with Crippen molar-refractivity contribution in [1.29, 1.82) is 0 Å². The summed E-state index contributed by atoms with van der Waals surface area (Å²) in [5, 5.41) is 64.9. The maximum Gasteiger partial charge on any atom is 3.00 e. The number of nitrogens with two attached hydrogens (primary N) is 6. The molecule has 64 heavy (non-hydrogen) atoms. The van der Waals surface area contributed by atoms with Crippen LogP contribution in [0, 0.1) is 0 Å². The first-order valence-corrected chi connectivity index (χ1v) is 19.6. The topological polar surface area (TPSA) is 337 Å². The van der Waals surface area contributed by atoms with E-state index in [1.807, 2.05) is 0 Å². The summed E-state index contributed by atoms with van der Waals surface area (Å²) >= 11 is 0. The molecule has 0 saturated heterocycles. The molecule has 15 nitrogen and oxygen atoms in total. The number of carboxylic acids is 3. The first-order valence-electron chi connectivity index (χ1n) is 19.6. The molecule has 342 valence electrons. The van der Waals surface area contributed by atoms with Crippen LogP contribution in [0.25, 0.3) is 0 Å². The van der Waals surface area contributed by atoms with Crippen molar-refractivity contribution >= 4 is 17.9 Å². The van der Waals surface area contributed by atoms with Crippen LogP contribution >= 0.6 is 0 Å². The zero-order chi connectivity index (χ0) is 47.2. The van der Waals surface area contributed by atoms with Gasteiger partial charge in [0.25, 0.3) is 0 Å². The molecule has 0 radical (unpaired) electrons. The minimum Gasteiger partial charge on any atom is -0.546 e. The summed E-state index contributed by atoms with van der Waals surface area (Å²) in [4.78, 5) is 33.8. The summed E-state index contributed by atoms with van der Waals surface area (Å²) in [5.41, 5.74) is 24.8. The smallest absolute Gasteiger partial charge is 0.546 e. The molecule has 0 fully saturated rings. The average Bonchev–Trinajstić information content (AvgIpc) is 3.35. The second kappa shape index (κ2) is 31.7. The predicted molar refractivity (Wildman–Crippen MR) is 237 cm³/mol. The fraction of sp³-hybridized carbons (Fsp3) is 0.188. The Morgan fingerprint density at radius 1 is 0.312 bits per heavy atom. The first-order chi connectivity index (χ1) is 30.2. The zero-order valence-electron chi connectivity index (χ0n) is 35.2. The van der Waals surface area contributed by atoms with E-state index < -0.39 is 34.7 Å². The molecule has 15 N–H and O–H groups in total. The van der Waals surface area contributed by atoms with Crippen LogP contribution in [0.5, 0.6) is 0 Å². The molecule has 0 aliphatic rings. The molecule has 0 atom stereocenters. The summed E-state index contributed by atoms with van der Waals surface area (Å²) in [6, 6.07) is 49.3. The molecule has 0 aromatic heterocycles. The van der Waals surface area contributed by atoms with Gasteiger partial charge in [-0.3, -0.25) is 0 Å². The Morgan fingerprint density at radius 3 is 0.500 bits per heavy atom. The van der Waals surface area contributed by atoms with Gasteiger partial charge in [0.1, 0.15) is 0 Å². The van der Waals surface area contributed by atoms with E-state index in [9.17, 15) is 45.0 Å². The van der Waals surface area contributed by atoms with E-state index in [0.717, 1.165) is 0 Å². The van der Waals surface area contributed by atoms with Crippen LogP contribution in [0.1, 0.15) is 33.4 Å². The number of aliphatic carboxylic acids is 3. The zero-order valence-corrected chi connectivity index (χ0v) is 36.2. The van der Waals surface area contributed by atoms with Gasteiger partial charge in [0, 0.05) is 39.3 Å². The molecule has 16 heteroatoms. The Kier molecular flexibility index (Phi) is 28.6. The van der Waals surface area contributed by atoms with Crippen LogP contribution in [0.3, 0.4) is 0 Å². The maximum absolute atomic E-state index is 11.3.